The highest BCUT2D eigenvalue weighted by atomic mass is 16.5. The predicted molar refractivity (Wildman–Crippen MR) is 131 cm³/mol. The van der Waals surface area contributed by atoms with Gasteiger partial charge in [-0.05, 0) is 39.0 Å². The number of amidine groups is 1. The van der Waals surface area contributed by atoms with Gasteiger partial charge in [-0.25, -0.2) is 9.59 Å². The largest absolute Gasteiger partial charge is 0.460 e. The maximum absolute atomic E-state index is 13.0. The molecule has 1 aliphatic carbocycles. The third kappa shape index (κ3) is 4.49. The normalized spacial score (nSPS) is 18.9. The molecule has 33 heavy (non-hydrogen) atoms. The molecule has 2 aliphatic rings. The monoisotopic (exact) mass is 447 g/mol. The number of carbonyl (C=O) groups is 1. The van der Waals surface area contributed by atoms with Gasteiger partial charge >= 0.3 is 11.6 Å². The molecule has 0 radical (unpaired) electrons. The van der Waals surface area contributed by atoms with Gasteiger partial charge in [0.1, 0.15) is 23.6 Å². The van der Waals surface area contributed by atoms with Crippen LogP contribution in [0.2, 0.25) is 0 Å². The number of hydrogen-bond donors (Lipinski definition) is 0. The second-order valence-corrected chi connectivity index (χ2v) is 8.16. The van der Waals surface area contributed by atoms with Gasteiger partial charge in [-0.15, -0.1) is 0 Å². The summed E-state index contributed by atoms with van der Waals surface area (Å²) in [5.41, 5.74) is 1.88. The van der Waals surface area contributed by atoms with E-state index in [0.29, 0.717) is 29.1 Å². The van der Waals surface area contributed by atoms with Crippen molar-refractivity contribution in [2.24, 2.45) is 4.99 Å². The Morgan fingerprint density at radius 3 is 2.70 bits per heavy atom. The van der Waals surface area contributed by atoms with Crippen molar-refractivity contribution >= 4 is 28.5 Å². The summed E-state index contributed by atoms with van der Waals surface area (Å²) >= 11 is 0. The molecule has 7 nitrogen and oxygen atoms in total. The molecule has 1 aromatic heterocycles. The number of allylic oxidation sites excluding steroid dienone is 2. The van der Waals surface area contributed by atoms with E-state index in [4.69, 9.17) is 14.1 Å². The smallest absolute Gasteiger partial charge is 0.347 e. The van der Waals surface area contributed by atoms with Gasteiger partial charge < -0.3 is 19.0 Å². The number of esters is 1. The van der Waals surface area contributed by atoms with Crippen molar-refractivity contribution in [3.8, 4) is 0 Å². The van der Waals surface area contributed by atoms with E-state index in [2.05, 4.69) is 25.3 Å². The first-order valence-corrected chi connectivity index (χ1v) is 11.3. The first kappa shape index (κ1) is 22.6. The average Bonchev–Trinajstić information content (AvgIpc) is 3.17. The number of anilines is 1. The van der Waals surface area contributed by atoms with Gasteiger partial charge in [-0.3, -0.25) is 4.99 Å². The maximum atomic E-state index is 13.0. The molecule has 0 fully saturated rings. The molecule has 2 heterocycles. The van der Waals surface area contributed by atoms with Gasteiger partial charge in [0.25, 0.3) is 0 Å². The van der Waals surface area contributed by atoms with E-state index in [-0.39, 0.29) is 18.7 Å². The van der Waals surface area contributed by atoms with E-state index in [9.17, 15) is 9.59 Å². The zero-order chi connectivity index (χ0) is 23.5. The second-order valence-electron chi connectivity index (χ2n) is 8.16. The molecule has 1 aliphatic heterocycles. The van der Waals surface area contributed by atoms with E-state index < -0.39 is 11.6 Å². The lowest BCUT2D eigenvalue weighted by Gasteiger charge is -2.28. The molecule has 0 amide bonds. The number of nitrogens with zero attached hydrogens (tertiary/aromatic N) is 3. The topological polar surface area (TPSA) is 75.3 Å². The van der Waals surface area contributed by atoms with Crippen molar-refractivity contribution in [3.05, 3.63) is 76.7 Å². The van der Waals surface area contributed by atoms with Crippen LogP contribution in [0.15, 0.2) is 74.9 Å². The Bertz CT molecular complexity index is 1220. The van der Waals surface area contributed by atoms with Crippen LogP contribution in [0.5, 0.6) is 0 Å². The van der Waals surface area contributed by atoms with Crippen LogP contribution >= 0.6 is 0 Å². The highest BCUT2D eigenvalue weighted by Gasteiger charge is 2.36. The molecule has 2 aromatic rings. The summed E-state index contributed by atoms with van der Waals surface area (Å²) in [7, 11) is 0. The van der Waals surface area contributed by atoms with E-state index in [1.807, 2.05) is 53.5 Å². The lowest BCUT2D eigenvalue weighted by Crippen LogP contribution is -2.42. The Balaban J connectivity index is 1.67. The van der Waals surface area contributed by atoms with E-state index in [1.165, 1.54) is 0 Å². The van der Waals surface area contributed by atoms with Crippen LogP contribution < -0.4 is 10.5 Å². The Hall–Kier alpha value is -3.61. The first-order valence-electron chi connectivity index (χ1n) is 11.3. The third-order valence-corrected chi connectivity index (χ3v) is 5.98. The van der Waals surface area contributed by atoms with Gasteiger partial charge in [0.05, 0.1) is 18.6 Å². The molecule has 0 bridgehead atoms. The molecule has 2 atom stereocenters. The van der Waals surface area contributed by atoms with Crippen molar-refractivity contribution in [2.75, 3.05) is 31.1 Å². The molecular formula is C26H29N3O4. The summed E-state index contributed by atoms with van der Waals surface area (Å²) in [6, 6.07) is 7.59. The van der Waals surface area contributed by atoms with Crippen LogP contribution in [0.1, 0.15) is 26.3 Å². The molecule has 2 unspecified atom stereocenters. The molecule has 4 rings (SSSR count). The van der Waals surface area contributed by atoms with E-state index in [1.54, 1.807) is 6.92 Å². The number of benzene rings is 1. The van der Waals surface area contributed by atoms with Crippen molar-refractivity contribution in [3.63, 3.8) is 0 Å². The van der Waals surface area contributed by atoms with Crippen molar-refractivity contribution in [2.45, 2.75) is 32.9 Å². The zero-order valence-electron chi connectivity index (χ0n) is 19.3. The fourth-order valence-electron chi connectivity index (χ4n) is 4.23. The number of ether oxygens (including phenoxy) is 1. The van der Waals surface area contributed by atoms with Crippen LogP contribution in [0, 0.1) is 0 Å². The van der Waals surface area contributed by atoms with Gasteiger partial charge in [0, 0.05) is 35.8 Å². The Kier molecular flexibility index (Phi) is 6.49. The van der Waals surface area contributed by atoms with Gasteiger partial charge in [-0.1, -0.05) is 30.9 Å². The standard InChI is InChI=1S/C26H29N3O4/c1-5-28(6-2)19-12-11-18-15-20(26(31)33-23(18)16-19)24-27-21-9-7-8-10-22(21)29(24)13-14-32-25(30)17(3)4/h7-12,15-16,21-22H,3,5-6,13-14H2,1-2,4H3. The highest BCUT2D eigenvalue weighted by Crippen LogP contribution is 2.27. The lowest BCUT2D eigenvalue weighted by molar-refractivity contribution is -0.139. The SMILES string of the molecule is C=C(C)C(=O)OCCN1C(c2cc3ccc(N(CC)CC)cc3oc2=O)=NC2C=CC=CC21. The average molecular weight is 448 g/mol. The number of carbonyl (C=O) groups excluding carboxylic acids is 1. The second kappa shape index (κ2) is 9.48. The van der Waals surface area contributed by atoms with Crippen LogP contribution in [-0.4, -0.2) is 55.0 Å². The molecule has 0 saturated carbocycles. The Morgan fingerprint density at radius 2 is 1.97 bits per heavy atom. The third-order valence-electron chi connectivity index (χ3n) is 5.98. The molecule has 7 heteroatoms. The quantitative estimate of drug-likeness (QED) is 0.349. The highest BCUT2D eigenvalue weighted by molar-refractivity contribution is 6.02. The lowest BCUT2D eigenvalue weighted by atomic mass is 10.0. The minimum Gasteiger partial charge on any atom is -0.460 e. The Labute approximate surface area is 193 Å². The fraction of sp³-hybridized carbons (Fsp3) is 0.346. The molecule has 0 saturated heterocycles. The number of rotatable bonds is 8. The fourth-order valence-corrected chi connectivity index (χ4v) is 4.23. The molecule has 0 spiro atoms. The Morgan fingerprint density at radius 1 is 1.21 bits per heavy atom. The van der Waals surface area contributed by atoms with Crippen molar-refractivity contribution < 1.29 is 13.9 Å². The van der Waals surface area contributed by atoms with Crippen LogP contribution in [0.4, 0.5) is 5.69 Å². The van der Waals surface area contributed by atoms with Gasteiger partial charge in [0.15, 0.2) is 0 Å². The zero-order valence-corrected chi connectivity index (χ0v) is 19.3. The summed E-state index contributed by atoms with van der Waals surface area (Å²) in [6.45, 7) is 11.7. The van der Waals surface area contributed by atoms with Crippen molar-refractivity contribution in [1.29, 1.82) is 0 Å². The summed E-state index contributed by atoms with van der Waals surface area (Å²) in [4.78, 5) is 33.9. The molecule has 1 aromatic carbocycles. The van der Waals surface area contributed by atoms with Crippen LogP contribution in [0.25, 0.3) is 11.0 Å². The van der Waals surface area contributed by atoms with Gasteiger partial charge in [0.2, 0.25) is 0 Å². The summed E-state index contributed by atoms with van der Waals surface area (Å²) in [6.07, 6.45) is 7.96. The minimum absolute atomic E-state index is 0.0475. The van der Waals surface area contributed by atoms with E-state index in [0.717, 1.165) is 24.2 Å². The predicted octanol–water partition coefficient (Wildman–Crippen LogP) is 3.68. The number of fused-ring (bicyclic) bond motifs is 2. The maximum Gasteiger partial charge on any atom is 0.347 e. The molecule has 0 N–H and O–H groups in total. The van der Waals surface area contributed by atoms with Crippen LogP contribution in [-0.2, 0) is 9.53 Å². The first-order chi connectivity index (χ1) is 15.9. The van der Waals surface area contributed by atoms with Crippen LogP contribution in [0.3, 0.4) is 0 Å². The number of hydrogen-bond acceptors (Lipinski definition) is 7. The molecular weight excluding hydrogens is 418 g/mol. The molecule has 172 valence electrons. The number of aliphatic imine (C=N–C) groups is 1. The summed E-state index contributed by atoms with van der Waals surface area (Å²) in [5.74, 6) is 0.119. The van der Waals surface area contributed by atoms with Gasteiger partial charge in [-0.2, -0.15) is 0 Å². The summed E-state index contributed by atoms with van der Waals surface area (Å²) < 4.78 is 11.0. The summed E-state index contributed by atoms with van der Waals surface area (Å²) in [5, 5.41) is 0.831. The minimum atomic E-state index is -0.437. The van der Waals surface area contributed by atoms with E-state index >= 15 is 0 Å². The van der Waals surface area contributed by atoms with Crippen molar-refractivity contribution in [1.82, 2.24) is 4.90 Å².